The molecule has 0 radical (unpaired) electrons. The summed E-state index contributed by atoms with van der Waals surface area (Å²) in [6.45, 7) is 12.0. The van der Waals surface area contributed by atoms with Crippen LogP contribution < -0.4 is 9.80 Å². The number of halogens is 2. The molecule has 1 atom stereocenters. The Labute approximate surface area is 371 Å². The van der Waals surface area contributed by atoms with Crippen molar-refractivity contribution < 1.29 is 4.39 Å². The number of para-hydroxylation sites is 1. The molecule has 0 fully saturated rings. The van der Waals surface area contributed by atoms with Gasteiger partial charge in [0.1, 0.15) is 0 Å². The summed E-state index contributed by atoms with van der Waals surface area (Å²) >= 11 is 6.58. The van der Waals surface area contributed by atoms with Gasteiger partial charge in [0.05, 0.1) is 29.0 Å². The van der Waals surface area contributed by atoms with Crippen LogP contribution in [0, 0.1) is 12.4 Å². The van der Waals surface area contributed by atoms with Crippen LogP contribution in [0.3, 0.4) is 0 Å². The first-order valence-corrected chi connectivity index (χ1v) is 21.2. The summed E-state index contributed by atoms with van der Waals surface area (Å²) in [6.07, 6.45) is 1.82. The zero-order valence-electron chi connectivity index (χ0n) is 34.0. The lowest BCUT2D eigenvalue weighted by molar-refractivity contribution is 0.630. The normalized spacial score (nSPS) is 14.0. The largest absolute Gasteiger partial charge is 0.308 e. The van der Waals surface area contributed by atoms with Gasteiger partial charge in [0.2, 0.25) is 0 Å². The number of hydrogen-bond acceptors (Lipinski definition) is 2. The quantitative estimate of drug-likeness (QED) is 0.141. The Hall–Kier alpha value is -7.97. The van der Waals surface area contributed by atoms with Crippen LogP contribution in [-0.2, 0) is 5.41 Å². The molecule has 0 bridgehead atoms. The third kappa shape index (κ3) is 5.93. The van der Waals surface area contributed by atoms with Gasteiger partial charge in [-0.25, -0.2) is 9.24 Å². The Morgan fingerprint density at radius 3 is 1.83 bits per heavy atom. The molecule has 0 amide bonds. The Kier molecular flexibility index (Phi) is 9.16. The van der Waals surface area contributed by atoms with Crippen molar-refractivity contribution in [3.05, 3.63) is 263 Å². The van der Waals surface area contributed by atoms with Crippen LogP contribution in [0.2, 0.25) is 5.02 Å². The Morgan fingerprint density at radius 1 is 0.492 bits per heavy atom. The lowest BCUT2D eigenvalue weighted by Crippen LogP contribution is -2.26. The number of fused-ring (bicyclic) bond motifs is 10. The van der Waals surface area contributed by atoms with Crippen molar-refractivity contribution in [2.75, 3.05) is 9.80 Å². The number of nitrogens with zero attached hydrogens (tertiary/aromatic N) is 3. The summed E-state index contributed by atoms with van der Waals surface area (Å²) in [5.41, 5.74) is 15.7. The number of anilines is 6. The molecule has 0 saturated heterocycles. The van der Waals surface area contributed by atoms with Crippen LogP contribution >= 0.6 is 11.6 Å². The van der Waals surface area contributed by atoms with Gasteiger partial charge in [0.15, 0.2) is 11.5 Å². The molecule has 5 heteroatoms. The molecule has 0 aromatic heterocycles. The third-order valence-corrected chi connectivity index (χ3v) is 12.8. The van der Waals surface area contributed by atoms with Gasteiger partial charge in [0, 0.05) is 27.6 Å². The van der Waals surface area contributed by atoms with E-state index in [0.717, 1.165) is 83.9 Å². The minimum Gasteiger partial charge on any atom is -0.308 e. The van der Waals surface area contributed by atoms with Gasteiger partial charge in [-0.15, -0.1) is 0 Å². The highest BCUT2D eigenvalue weighted by Crippen LogP contribution is 2.65. The standard InChI is InChI=1S/C58H37ClFN3/c1-3-38-27-31-44(32-28-38)63(55-26-14-25-54(57(55)60)62(43-18-8-5-9-19-43)45-20-12-17-41(59)36-45)53-24-13-23-52-56(53)46-21-10-11-22-49(46)58(52)50-33-29-40(39-15-6-4-7-16-39)35-47(50)48-37-42(61-2)30-34-51(48)58/h3-37H,1H2. The lowest BCUT2D eigenvalue weighted by Gasteiger charge is -2.33. The average Bonchev–Trinajstić information content (AvgIpc) is 3.80. The summed E-state index contributed by atoms with van der Waals surface area (Å²) in [5.74, 6) is -0.399. The van der Waals surface area contributed by atoms with Crippen LogP contribution in [0.4, 0.5) is 44.2 Å². The zero-order chi connectivity index (χ0) is 42.7. The fraction of sp³-hybridized carbons (Fsp3) is 0.0172. The van der Waals surface area contributed by atoms with Gasteiger partial charge < -0.3 is 9.80 Å². The molecule has 11 rings (SSSR count). The van der Waals surface area contributed by atoms with Crippen LogP contribution in [0.15, 0.2) is 213 Å². The first kappa shape index (κ1) is 38.0. The second-order valence-electron chi connectivity index (χ2n) is 15.9. The molecule has 298 valence electrons. The minimum atomic E-state index is -0.710. The summed E-state index contributed by atoms with van der Waals surface area (Å²) in [5, 5.41) is 0.554. The van der Waals surface area contributed by atoms with Crippen molar-refractivity contribution in [1.29, 1.82) is 0 Å². The SMILES string of the molecule is [C-]#[N+]c1ccc2c(c1)-c1cc(-c3ccccc3)ccc1C21c2ccccc2-c2c(N(c3ccc(C=C)cc3)c3cccc(N(c4ccccc4)c4cccc(Cl)c4)c3F)cccc21. The molecular formula is C58H37ClFN3. The summed E-state index contributed by atoms with van der Waals surface area (Å²) in [7, 11) is 0. The Balaban J connectivity index is 1.18. The molecule has 2 aliphatic carbocycles. The monoisotopic (exact) mass is 829 g/mol. The zero-order valence-corrected chi connectivity index (χ0v) is 34.8. The van der Waals surface area contributed by atoms with E-state index in [9.17, 15) is 0 Å². The molecule has 9 aromatic rings. The first-order valence-electron chi connectivity index (χ1n) is 20.9. The fourth-order valence-electron chi connectivity index (χ4n) is 9.92. The third-order valence-electron chi connectivity index (χ3n) is 12.6. The van der Waals surface area contributed by atoms with Gasteiger partial charge in [0.25, 0.3) is 0 Å². The van der Waals surface area contributed by atoms with Gasteiger partial charge in [-0.1, -0.05) is 158 Å². The van der Waals surface area contributed by atoms with E-state index in [1.54, 1.807) is 0 Å². The van der Waals surface area contributed by atoms with Crippen molar-refractivity contribution in [2.45, 2.75) is 5.41 Å². The molecular weight excluding hydrogens is 793 g/mol. The minimum absolute atomic E-state index is 0.376. The van der Waals surface area contributed by atoms with Gasteiger partial charge in [-0.05, 0) is 128 Å². The molecule has 0 aliphatic heterocycles. The summed E-state index contributed by atoms with van der Waals surface area (Å²) in [4.78, 5) is 7.85. The Morgan fingerprint density at radius 2 is 1.08 bits per heavy atom. The van der Waals surface area contributed by atoms with Gasteiger partial charge in [-0.2, -0.15) is 0 Å². The van der Waals surface area contributed by atoms with Crippen LogP contribution in [-0.4, -0.2) is 0 Å². The van der Waals surface area contributed by atoms with Crippen molar-refractivity contribution in [3.63, 3.8) is 0 Å². The van der Waals surface area contributed by atoms with E-state index in [0.29, 0.717) is 22.1 Å². The second kappa shape index (κ2) is 15.2. The highest BCUT2D eigenvalue weighted by atomic mass is 35.5. The molecule has 63 heavy (non-hydrogen) atoms. The van der Waals surface area contributed by atoms with E-state index in [4.69, 9.17) is 18.2 Å². The average molecular weight is 830 g/mol. The second-order valence-corrected chi connectivity index (χ2v) is 16.3. The van der Waals surface area contributed by atoms with E-state index in [-0.39, 0.29) is 0 Å². The first-order chi connectivity index (χ1) is 31.0. The maximum absolute atomic E-state index is 18.2. The molecule has 0 N–H and O–H groups in total. The molecule has 0 saturated carbocycles. The lowest BCUT2D eigenvalue weighted by atomic mass is 9.70. The van der Waals surface area contributed by atoms with Crippen LogP contribution in [0.5, 0.6) is 0 Å². The van der Waals surface area contributed by atoms with Crippen molar-refractivity contribution in [2.24, 2.45) is 0 Å². The van der Waals surface area contributed by atoms with Gasteiger partial charge in [-0.3, -0.25) is 0 Å². The molecule has 2 aliphatic rings. The smallest absolute Gasteiger partial charge is 0.187 e. The molecule has 3 nitrogen and oxygen atoms in total. The van der Waals surface area contributed by atoms with E-state index in [1.165, 1.54) is 0 Å². The highest BCUT2D eigenvalue weighted by molar-refractivity contribution is 6.30. The predicted molar refractivity (Wildman–Crippen MR) is 259 cm³/mol. The molecule has 0 heterocycles. The van der Waals surface area contributed by atoms with Crippen molar-refractivity contribution in [1.82, 2.24) is 0 Å². The van der Waals surface area contributed by atoms with Crippen molar-refractivity contribution >= 4 is 57.5 Å². The number of benzene rings is 9. The fourth-order valence-corrected chi connectivity index (χ4v) is 10.1. The van der Waals surface area contributed by atoms with Gasteiger partial charge >= 0.3 is 0 Å². The molecule has 1 unspecified atom stereocenters. The van der Waals surface area contributed by atoms with E-state index >= 15 is 4.39 Å². The van der Waals surface area contributed by atoms with Crippen LogP contribution in [0.25, 0.3) is 44.3 Å². The van der Waals surface area contributed by atoms with E-state index < -0.39 is 11.2 Å². The molecule has 9 aromatic carbocycles. The summed E-state index contributed by atoms with van der Waals surface area (Å²) in [6, 6.07) is 69.4. The number of hydrogen-bond donors (Lipinski definition) is 0. The van der Waals surface area contributed by atoms with Crippen molar-refractivity contribution in [3.8, 4) is 33.4 Å². The molecule has 1 spiro atoms. The highest BCUT2D eigenvalue weighted by Gasteiger charge is 2.52. The summed E-state index contributed by atoms with van der Waals surface area (Å²) < 4.78 is 18.2. The van der Waals surface area contributed by atoms with E-state index in [2.05, 4.69) is 107 Å². The van der Waals surface area contributed by atoms with E-state index in [1.807, 2.05) is 126 Å². The maximum atomic E-state index is 18.2. The van der Waals surface area contributed by atoms with Crippen LogP contribution in [0.1, 0.15) is 27.8 Å². The Bertz CT molecular complexity index is 3300. The number of rotatable bonds is 8. The predicted octanol–water partition coefficient (Wildman–Crippen LogP) is 16.6. The topological polar surface area (TPSA) is 10.8 Å². The maximum Gasteiger partial charge on any atom is 0.187 e.